The van der Waals surface area contributed by atoms with Gasteiger partial charge in [0.05, 0.1) is 0 Å². The van der Waals surface area contributed by atoms with Gasteiger partial charge in [-0.05, 0) is 26.7 Å². The highest BCUT2D eigenvalue weighted by Gasteiger charge is 2.10. The van der Waals surface area contributed by atoms with Gasteiger partial charge in [0, 0.05) is 11.7 Å². The summed E-state index contributed by atoms with van der Waals surface area (Å²) in [6.45, 7) is 4.30. The molecule has 1 unspecified atom stereocenters. The molecule has 1 N–H and O–H groups in total. The van der Waals surface area contributed by atoms with Crippen LogP contribution in [-0.4, -0.2) is 6.04 Å². The van der Waals surface area contributed by atoms with Gasteiger partial charge in [-0.3, -0.25) is 0 Å². The summed E-state index contributed by atoms with van der Waals surface area (Å²) in [7, 11) is 0. The highest BCUT2D eigenvalue weighted by atomic mass is 14.9. The Kier molecular flexibility index (Phi) is 1.56. The van der Waals surface area contributed by atoms with E-state index >= 15 is 0 Å². The van der Waals surface area contributed by atoms with Crippen LogP contribution < -0.4 is 5.32 Å². The zero-order valence-corrected chi connectivity index (χ0v) is 5.57. The van der Waals surface area contributed by atoms with E-state index in [2.05, 4.69) is 25.2 Å². The molecule has 0 radical (unpaired) electrons. The van der Waals surface area contributed by atoms with Gasteiger partial charge in [0.25, 0.3) is 0 Å². The second-order valence-electron chi connectivity index (χ2n) is 2.40. The Labute approximate surface area is 50.8 Å². The molecule has 1 aliphatic heterocycles. The summed E-state index contributed by atoms with van der Waals surface area (Å²) < 4.78 is 0. The van der Waals surface area contributed by atoms with Crippen LogP contribution in [0.3, 0.4) is 0 Å². The third-order valence-electron chi connectivity index (χ3n) is 1.63. The van der Waals surface area contributed by atoms with Crippen molar-refractivity contribution in [2.45, 2.75) is 32.7 Å². The molecule has 0 amide bonds. The summed E-state index contributed by atoms with van der Waals surface area (Å²) in [6, 6.07) is 0.709. The monoisotopic (exact) mass is 111 g/mol. The van der Waals surface area contributed by atoms with E-state index < -0.39 is 0 Å². The first kappa shape index (κ1) is 5.67. The normalized spacial score (nSPS) is 33.2. The van der Waals surface area contributed by atoms with Crippen LogP contribution in [0, 0.1) is 0 Å². The molecule has 0 aromatic carbocycles. The van der Waals surface area contributed by atoms with Crippen molar-refractivity contribution in [1.29, 1.82) is 0 Å². The van der Waals surface area contributed by atoms with Gasteiger partial charge in [-0.1, -0.05) is 6.08 Å². The van der Waals surface area contributed by atoms with Crippen molar-refractivity contribution in [3.05, 3.63) is 11.8 Å². The van der Waals surface area contributed by atoms with Crippen molar-refractivity contribution >= 4 is 0 Å². The van der Waals surface area contributed by atoms with Gasteiger partial charge in [-0.2, -0.15) is 0 Å². The maximum atomic E-state index is 3.36. The van der Waals surface area contributed by atoms with E-state index in [0.717, 1.165) is 0 Å². The molecule has 1 nitrogen and oxygen atoms in total. The van der Waals surface area contributed by atoms with Gasteiger partial charge in [-0.15, -0.1) is 0 Å². The van der Waals surface area contributed by atoms with Crippen molar-refractivity contribution in [2.75, 3.05) is 0 Å². The topological polar surface area (TPSA) is 12.0 Å². The largest absolute Gasteiger partial charge is 0.386 e. The summed E-state index contributed by atoms with van der Waals surface area (Å²) in [5, 5.41) is 3.36. The van der Waals surface area contributed by atoms with Crippen LogP contribution in [0.5, 0.6) is 0 Å². The van der Waals surface area contributed by atoms with Crippen molar-refractivity contribution in [2.24, 2.45) is 0 Å². The van der Waals surface area contributed by atoms with Gasteiger partial charge in [-0.25, -0.2) is 0 Å². The van der Waals surface area contributed by atoms with E-state index in [1.165, 1.54) is 18.5 Å². The fourth-order valence-corrected chi connectivity index (χ4v) is 1.06. The number of hydrogen-bond acceptors (Lipinski definition) is 1. The Bertz CT molecular complexity index is 105. The van der Waals surface area contributed by atoms with Gasteiger partial charge < -0.3 is 5.32 Å². The molecule has 1 heteroatoms. The fraction of sp³-hybridized carbons (Fsp3) is 0.714. The van der Waals surface area contributed by atoms with Crippen LogP contribution in [0.1, 0.15) is 26.7 Å². The van der Waals surface area contributed by atoms with Gasteiger partial charge in [0.1, 0.15) is 0 Å². The van der Waals surface area contributed by atoms with Gasteiger partial charge >= 0.3 is 0 Å². The van der Waals surface area contributed by atoms with Crippen molar-refractivity contribution in [3.8, 4) is 0 Å². The fourth-order valence-electron chi connectivity index (χ4n) is 1.06. The molecular weight excluding hydrogens is 98.1 g/mol. The summed E-state index contributed by atoms with van der Waals surface area (Å²) in [6.07, 6.45) is 4.71. The molecule has 0 aliphatic carbocycles. The molecule has 1 fully saturated rings. The zero-order valence-electron chi connectivity index (χ0n) is 5.57. The predicted molar refractivity (Wildman–Crippen MR) is 35.6 cm³/mol. The lowest BCUT2D eigenvalue weighted by atomic mass is 10.2. The van der Waals surface area contributed by atoms with Gasteiger partial charge in [0.2, 0.25) is 0 Å². The average Bonchev–Trinajstić information content (AvgIpc) is 2.14. The Hall–Kier alpha value is -0.460. The molecular formula is C7H13N. The molecule has 0 bridgehead atoms. The van der Waals surface area contributed by atoms with E-state index in [9.17, 15) is 0 Å². The molecule has 46 valence electrons. The highest BCUT2D eigenvalue weighted by molar-refractivity contribution is 5.04. The molecule has 1 rings (SSSR count). The van der Waals surface area contributed by atoms with E-state index in [1.807, 2.05) is 0 Å². The first-order valence-corrected chi connectivity index (χ1v) is 3.24. The third-order valence-corrected chi connectivity index (χ3v) is 1.63. The quantitative estimate of drug-likeness (QED) is 0.501. The summed E-state index contributed by atoms with van der Waals surface area (Å²) in [5.74, 6) is 0. The molecule has 8 heavy (non-hydrogen) atoms. The summed E-state index contributed by atoms with van der Waals surface area (Å²) in [5.41, 5.74) is 1.41. The van der Waals surface area contributed by atoms with Crippen LogP contribution in [0.25, 0.3) is 0 Å². The maximum absolute atomic E-state index is 3.36. The second-order valence-corrected chi connectivity index (χ2v) is 2.40. The van der Waals surface area contributed by atoms with Crippen molar-refractivity contribution < 1.29 is 0 Å². The molecule has 1 saturated heterocycles. The second kappa shape index (κ2) is 2.21. The number of rotatable bonds is 0. The van der Waals surface area contributed by atoms with Crippen LogP contribution in [-0.2, 0) is 0 Å². The minimum absolute atomic E-state index is 0.709. The van der Waals surface area contributed by atoms with Gasteiger partial charge in [0.15, 0.2) is 0 Å². The lowest BCUT2D eigenvalue weighted by Gasteiger charge is -2.00. The minimum atomic E-state index is 0.709. The van der Waals surface area contributed by atoms with Crippen LogP contribution in [0.2, 0.25) is 0 Å². The SMILES string of the molecule is C/C=C1/CCC(C)N1. The molecule has 1 atom stereocenters. The van der Waals surface area contributed by atoms with Crippen LogP contribution >= 0.6 is 0 Å². The number of allylic oxidation sites excluding steroid dienone is 2. The first-order valence-electron chi connectivity index (χ1n) is 3.24. The minimum Gasteiger partial charge on any atom is -0.386 e. The first-order chi connectivity index (χ1) is 3.83. The lowest BCUT2D eigenvalue weighted by Crippen LogP contribution is -2.14. The Morgan fingerprint density at radius 3 is 2.75 bits per heavy atom. The van der Waals surface area contributed by atoms with E-state index in [0.29, 0.717) is 6.04 Å². The Morgan fingerprint density at radius 2 is 2.50 bits per heavy atom. The molecule has 1 heterocycles. The summed E-state index contributed by atoms with van der Waals surface area (Å²) in [4.78, 5) is 0. The van der Waals surface area contributed by atoms with E-state index in [1.54, 1.807) is 0 Å². The van der Waals surface area contributed by atoms with Crippen LogP contribution in [0.4, 0.5) is 0 Å². The summed E-state index contributed by atoms with van der Waals surface area (Å²) >= 11 is 0. The average molecular weight is 111 g/mol. The number of nitrogens with one attached hydrogen (secondary N) is 1. The van der Waals surface area contributed by atoms with Crippen molar-refractivity contribution in [1.82, 2.24) is 5.32 Å². The lowest BCUT2D eigenvalue weighted by molar-refractivity contribution is 0.680. The molecule has 0 aromatic rings. The Balaban J connectivity index is 2.44. The predicted octanol–water partition coefficient (Wildman–Crippen LogP) is 1.66. The zero-order chi connectivity index (χ0) is 5.98. The smallest absolute Gasteiger partial charge is 0.0233 e. The molecule has 0 aromatic heterocycles. The maximum Gasteiger partial charge on any atom is 0.0233 e. The Morgan fingerprint density at radius 1 is 1.75 bits per heavy atom. The standard InChI is InChI=1S/C7H13N/c1-3-7-5-4-6(2)8-7/h3,6,8H,4-5H2,1-2H3/b7-3-. The van der Waals surface area contributed by atoms with E-state index in [-0.39, 0.29) is 0 Å². The third kappa shape index (κ3) is 1.03. The molecule has 0 saturated carbocycles. The number of hydrogen-bond donors (Lipinski definition) is 1. The van der Waals surface area contributed by atoms with Crippen LogP contribution in [0.15, 0.2) is 11.8 Å². The highest BCUT2D eigenvalue weighted by Crippen LogP contribution is 2.13. The van der Waals surface area contributed by atoms with Crippen molar-refractivity contribution in [3.63, 3.8) is 0 Å². The molecule has 1 aliphatic rings. The van der Waals surface area contributed by atoms with E-state index in [4.69, 9.17) is 0 Å². The molecule has 0 spiro atoms.